The predicted octanol–water partition coefficient (Wildman–Crippen LogP) is 1.94. The van der Waals surface area contributed by atoms with Crippen LogP contribution in [0.15, 0.2) is 18.2 Å². The Morgan fingerprint density at radius 2 is 1.92 bits per heavy atom. The molecule has 0 fully saturated rings. The van der Waals surface area contributed by atoms with E-state index >= 15 is 0 Å². The summed E-state index contributed by atoms with van der Waals surface area (Å²) in [6.07, 6.45) is 0. The molecule has 0 spiro atoms. The minimum Gasteiger partial charge on any atom is -0.544 e. The molecule has 1 heterocycles. The molecule has 0 atom stereocenters. The van der Waals surface area contributed by atoms with E-state index in [4.69, 9.17) is 9.47 Å². The van der Waals surface area contributed by atoms with Crippen LogP contribution in [0, 0.1) is 6.07 Å². The van der Waals surface area contributed by atoms with Crippen molar-refractivity contribution in [1.82, 2.24) is 0 Å². The van der Waals surface area contributed by atoms with Crippen LogP contribution in [0.1, 0.15) is 0 Å². The van der Waals surface area contributed by atoms with E-state index in [2.05, 4.69) is 15.7 Å². The summed E-state index contributed by atoms with van der Waals surface area (Å²) in [4.78, 5) is 0. The summed E-state index contributed by atoms with van der Waals surface area (Å²) >= 11 is 1.33. The molecule has 67 valence electrons. The van der Waals surface area contributed by atoms with Gasteiger partial charge in [0.05, 0.1) is 5.75 Å². The maximum atomic E-state index is 5.28. The molecule has 0 N–H and O–H groups in total. The van der Waals surface area contributed by atoms with E-state index in [1.807, 2.05) is 12.1 Å². The molecule has 1 aromatic rings. The van der Waals surface area contributed by atoms with Crippen molar-refractivity contribution in [2.45, 2.75) is 0 Å². The molecule has 4 heteroatoms. The summed E-state index contributed by atoms with van der Waals surface area (Å²) < 4.78 is 10.5. The average molecular weight is 361 g/mol. The van der Waals surface area contributed by atoms with Crippen LogP contribution in [0.5, 0.6) is 11.5 Å². The minimum atomic E-state index is 0.644. The van der Waals surface area contributed by atoms with E-state index in [-0.39, 0.29) is 0 Å². The summed E-state index contributed by atoms with van der Waals surface area (Å²) in [5.74, 6) is 1.62. The predicted molar refractivity (Wildman–Crippen MR) is 42.1 cm³/mol. The Morgan fingerprint density at radius 1 is 1.25 bits per heavy atom. The Kier molecular flexibility index (Phi) is 4.43. The van der Waals surface area contributed by atoms with Crippen LogP contribution in [-0.4, -0.2) is 13.2 Å². The van der Waals surface area contributed by atoms with Gasteiger partial charge < -0.3 is 9.47 Å². The zero-order valence-corrected chi connectivity index (χ0v) is 9.49. The molecule has 2 rings (SSSR count). The van der Waals surface area contributed by atoms with Crippen LogP contribution in [0.2, 0.25) is 0 Å². The molecule has 0 bridgehead atoms. The molecule has 0 saturated heterocycles. The first-order chi connectivity index (χ1) is 5.97. The van der Waals surface area contributed by atoms with Gasteiger partial charge in [-0.15, -0.1) is 12.1 Å². The summed E-state index contributed by atoms with van der Waals surface area (Å²) in [6.45, 7) is 1.29. The van der Waals surface area contributed by atoms with Crippen LogP contribution in [0.25, 0.3) is 0 Å². The number of benzene rings is 1. The second-order valence-corrected chi connectivity index (χ2v) is 2.07. The Labute approximate surface area is 85.8 Å². The Hall–Kier alpha value is -0.254. The van der Waals surface area contributed by atoms with Gasteiger partial charge in [0.25, 0.3) is 0 Å². The quantitative estimate of drug-likeness (QED) is 0.658. The van der Waals surface area contributed by atoms with E-state index < -0.39 is 0 Å². The van der Waals surface area contributed by atoms with Crippen LogP contribution in [0.4, 0.5) is 0 Å². The van der Waals surface area contributed by atoms with Gasteiger partial charge in [-0.1, -0.05) is 0 Å². The standard InChI is InChI=1S/C8H7O2.ClH.Os/c1-2-4-8-7(3-1)9-5-6-10-8;;/h1,3-4H,5-6H2;1H;/q-1;;+1/p-1. The van der Waals surface area contributed by atoms with Gasteiger partial charge in [-0.3, -0.25) is 0 Å². The van der Waals surface area contributed by atoms with Gasteiger partial charge in [-0.05, 0) is 0 Å². The minimum absolute atomic E-state index is 0.644. The first-order valence-corrected chi connectivity index (χ1v) is 6.51. The number of halogens is 1. The number of hydrogen-bond donors (Lipinski definition) is 0. The van der Waals surface area contributed by atoms with Crippen molar-refractivity contribution >= 4 is 9.64 Å². The van der Waals surface area contributed by atoms with Gasteiger partial charge in [0.2, 0.25) is 0 Å². The second kappa shape index (κ2) is 5.40. The van der Waals surface area contributed by atoms with Crippen molar-refractivity contribution in [1.29, 1.82) is 0 Å². The molecule has 1 aromatic carbocycles. The molecule has 0 unspecified atom stereocenters. The molecule has 1 aliphatic heterocycles. The van der Waals surface area contributed by atoms with Gasteiger partial charge in [0.15, 0.2) is 0 Å². The fraction of sp³-hybridized carbons (Fsp3) is 0.250. The first-order valence-electron chi connectivity index (χ1n) is 3.36. The molecule has 0 aromatic heterocycles. The number of ether oxygens (including phenoxy) is 2. The summed E-state index contributed by atoms with van der Waals surface area (Å²) in [7, 11) is 4.67. The van der Waals surface area contributed by atoms with Crippen LogP contribution >= 0.6 is 9.64 Å². The third kappa shape index (κ3) is 2.37. The molecular formula is C8H7ClO2Os-. The smallest absolute Gasteiger partial charge is 0.118 e. The summed E-state index contributed by atoms with van der Waals surface area (Å²) in [5, 5.41) is 0. The third-order valence-corrected chi connectivity index (χ3v) is 1.39. The number of rotatable bonds is 0. The normalized spacial score (nSPS) is 12.8. The molecule has 2 nitrogen and oxygen atoms in total. The van der Waals surface area contributed by atoms with Gasteiger partial charge in [0.1, 0.15) is 13.2 Å². The molecule has 1 aliphatic rings. The van der Waals surface area contributed by atoms with Crippen molar-refractivity contribution in [3.63, 3.8) is 0 Å². The van der Waals surface area contributed by atoms with Crippen LogP contribution < -0.4 is 9.47 Å². The molecule has 12 heavy (non-hydrogen) atoms. The Bertz CT molecular complexity index is 217. The molecule has 0 amide bonds. The summed E-state index contributed by atoms with van der Waals surface area (Å²) in [5.41, 5.74) is 0. The molecule has 0 radical (unpaired) electrons. The van der Waals surface area contributed by atoms with Gasteiger partial charge in [-0.25, -0.2) is 0 Å². The topological polar surface area (TPSA) is 18.5 Å². The van der Waals surface area contributed by atoms with Gasteiger partial charge in [-0.2, -0.15) is 12.1 Å². The van der Waals surface area contributed by atoms with E-state index in [9.17, 15) is 0 Å². The van der Waals surface area contributed by atoms with E-state index in [1.165, 1.54) is 17.6 Å². The largest absolute Gasteiger partial charge is 0.544 e. The van der Waals surface area contributed by atoms with Crippen molar-refractivity contribution in [3.05, 3.63) is 24.3 Å². The van der Waals surface area contributed by atoms with Crippen molar-refractivity contribution in [3.8, 4) is 11.5 Å². The van der Waals surface area contributed by atoms with Gasteiger partial charge in [0, 0.05) is 5.75 Å². The first kappa shape index (κ1) is 9.83. The van der Waals surface area contributed by atoms with E-state index in [0.717, 1.165) is 11.5 Å². The van der Waals surface area contributed by atoms with Crippen molar-refractivity contribution in [2.75, 3.05) is 13.2 Å². The maximum Gasteiger partial charge on any atom is 0.118 e. The van der Waals surface area contributed by atoms with Crippen molar-refractivity contribution in [2.24, 2.45) is 0 Å². The number of fused-ring (bicyclic) bond motifs is 1. The fourth-order valence-corrected chi connectivity index (χ4v) is 0.936. The Morgan fingerprint density at radius 3 is 2.58 bits per heavy atom. The monoisotopic (exact) mass is 362 g/mol. The maximum absolute atomic E-state index is 5.28. The molecule has 0 saturated carbocycles. The number of hydrogen-bond acceptors (Lipinski definition) is 2. The zero-order valence-electron chi connectivity index (χ0n) is 6.19. The van der Waals surface area contributed by atoms with Crippen molar-refractivity contribution < 1.29 is 27.1 Å². The summed E-state index contributed by atoms with van der Waals surface area (Å²) in [6, 6.07) is 8.37. The van der Waals surface area contributed by atoms with E-state index in [0.29, 0.717) is 13.2 Å². The third-order valence-electron chi connectivity index (χ3n) is 1.39. The van der Waals surface area contributed by atoms with Crippen LogP contribution in [0.3, 0.4) is 0 Å². The molecule has 0 aliphatic carbocycles. The SMILES string of the molecule is [Cl][Os].[c-]1ccc2c(c1)OCCO2. The average Bonchev–Trinajstić information content (AvgIpc) is 2.21. The Balaban J connectivity index is 0.000000336. The fourth-order valence-electron chi connectivity index (χ4n) is 0.936. The van der Waals surface area contributed by atoms with E-state index in [1.54, 1.807) is 6.07 Å². The molecular weight excluding hydrogens is 354 g/mol. The van der Waals surface area contributed by atoms with Gasteiger partial charge >= 0.3 is 27.2 Å². The second-order valence-electron chi connectivity index (χ2n) is 2.07. The zero-order chi connectivity index (χ0) is 8.81. The van der Waals surface area contributed by atoms with Crippen LogP contribution in [-0.2, 0) is 17.6 Å².